The molecule has 0 spiro atoms. The van der Waals surface area contributed by atoms with Gasteiger partial charge in [0.2, 0.25) is 12.2 Å². The molecule has 1 aromatic rings. The van der Waals surface area contributed by atoms with Gasteiger partial charge in [0.25, 0.3) is 11.8 Å². The molecule has 4 N–H and O–H groups in total. The van der Waals surface area contributed by atoms with Crippen molar-refractivity contribution in [3.63, 3.8) is 0 Å². The van der Waals surface area contributed by atoms with Gasteiger partial charge in [-0.25, -0.2) is 4.79 Å². The van der Waals surface area contributed by atoms with Crippen LogP contribution in [-0.2, 0) is 46.5 Å². The molecular weight excluding hydrogens is 556 g/mol. The fourth-order valence-corrected chi connectivity index (χ4v) is 4.44. The molecule has 2 aliphatic heterocycles. The molecule has 3 rings (SSSR count). The lowest BCUT2D eigenvalue weighted by Gasteiger charge is -2.38. The zero-order chi connectivity index (χ0) is 31.0. The van der Waals surface area contributed by atoms with Gasteiger partial charge in [0.1, 0.15) is 37.2 Å². The molecule has 5 atom stereocenters. The summed E-state index contributed by atoms with van der Waals surface area (Å²) in [6.07, 6.45) is -4.31. The highest BCUT2D eigenvalue weighted by molar-refractivity contribution is 6.14. The first-order valence-electron chi connectivity index (χ1n) is 13.6. The summed E-state index contributed by atoms with van der Waals surface area (Å²) >= 11 is 0. The molecule has 0 saturated carbocycles. The number of aliphatic carboxylic acids is 1. The zero-order valence-corrected chi connectivity index (χ0v) is 23.4. The summed E-state index contributed by atoms with van der Waals surface area (Å²) in [5.41, 5.74) is 1.08. The number of unbranched alkanes of at least 4 members (excludes halogenated alkanes) is 1. The van der Waals surface area contributed by atoms with Crippen LogP contribution < -0.4 is 4.74 Å². The highest BCUT2D eigenvalue weighted by Crippen LogP contribution is 2.29. The predicted molar refractivity (Wildman–Crippen MR) is 143 cm³/mol. The Morgan fingerprint density at radius 3 is 2.29 bits per heavy atom. The second kappa shape index (κ2) is 14.9. The fraction of sp³-hybridized carbons (Fsp3) is 0.536. The maximum absolute atomic E-state index is 12.9. The number of ether oxygens (including phenoxy) is 3. The average Bonchev–Trinajstić information content (AvgIpc) is 3.26. The lowest BCUT2D eigenvalue weighted by molar-refractivity contribution is -0.271. The normalized spacial score (nSPS) is 23.6. The Balaban J connectivity index is 1.72. The molecule has 1 saturated heterocycles. The number of hydrogen-bond donors (Lipinski definition) is 4. The second-order valence-corrected chi connectivity index (χ2v) is 10.0. The highest BCUT2D eigenvalue weighted by Gasteiger charge is 2.48. The Hall–Kier alpha value is -3.85. The van der Waals surface area contributed by atoms with Crippen LogP contribution in [0.2, 0.25) is 0 Å². The second-order valence-electron chi connectivity index (χ2n) is 10.0. The topological polar surface area (TPSA) is 200 Å². The van der Waals surface area contributed by atoms with Crippen LogP contribution in [0.5, 0.6) is 5.75 Å². The molecule has 0 unspecified atom stereocenters. The van der Waals surface area contributed by atoms with Gasteiger partial charge in [-0.05, 0) is 30.9 Å². The van der Waals surface area contributed by atoms with E-state index in [1.54, 1.807) is 23.1 Å². The van der Waals surface area contributed by atoms with Gasteiger partial charge in [0, 0.05) is 37.7 Å². The summed E-state index contributed by atoms with van der Waals surface area (Å²) in [4.78, 5) is 62.0. The molecule has 2 aliphatic rings. The molecule has 0 radical (unpaired) electrons. The minimum atomic E-state index is -1.89. The number of benzene rings is 1. The number of amides is 3. The first kappa shape index (κ1) is 32.7. The smallest absolute Gasteiger partial charge is 0.335 e. The minimum Gasteiger partial charge on any atom is -0.479 e. The summed E-state index contributed by atoms with van der Waals surface area (Å²) in [6.45, 7) is 3.43. The van der Waals surface area contributed by atoms with Gasteiger partial charge in [-0.2, -0.15) is 0 Å². The Morgan fingerprint density at radius 1 is 1.00 bits per heavy atom. The SMILES string of the molecule is CCCCN(CCCc1ccc(COC(C)=O)c(O[C@@H]2O[C@H](C(=O)O)[C@@H](O)[C@H](O)[C@H]2O)c1)C(=O)CN1C(=O)C=CC1=O. The molecule has 42 heavy (non-hydrogen) atoms. The Bertz CT molecular complexity index is 1180. The number of carbonyl (C=O) groups is 5. The van der Waals surface area contributed by atoms with Crippen molar-refractivity contribution < 1.29 is 58.6 Å². The van der Waals surface area contributed by atoms with E-state index in [2.05, 4.69) is 0 Å². The predicted octanol–water partition coefficient (Wildman–Crippen LogP) is -0.493. The van der Waals surface area contributed by atoms with Gasteiger partial charge in [0.05, 0.1) is 0 Å². The molecule has 0 aromatic heterocycles. The van der Waals surface area contributed by atoms with E-state index in [9.17, 15) is 44.4 Å². The van der Waals surface area contributed by atoms with E-state index in [0.717, 1.165) is 29.9 Å². The number of aliphatic hydroxyl groups excluding tert-OH is 3. The molecule has 0 bridgehead atoms. The lowest BCUT2D eigenvalue weighted by Crippen LogP contribution is -2.61. The van der Waals surface area contributed by atoms with Crippen LogP contribution in [0.3, 0.4) is 0 Å². The fourth-order valence-electron chi connectivity index (χ4n) is 4.44. The molecule has 14 nitrogen and oxygen atoms in total. The standard InChI is InChI=1S/C28H36N2O12/c1-3-4-11-29(22(34)14-30-20(32)9-10-21(30)33)12-5-6-17-7-8-18(15-40-16(2)31)19(13-17)41-28-25(37)23(35)24(36)26(42-28)27(38)39/h7-10,13,23-26,28,35-37H,3-6,11-12,14-15H2,1-2H3,(H,38,39)/t23-,24-,25+,26-,28+/m0/s1. The van der Waals surface area contributed by atoms with Crippen molar-refractivity contribution in [2.75, 3.05) is 19.6 Å². The lowest BCUT2D eigenvalue weighted by atomic mass is 9.99. The van der Waals surface area contributed by atoms with Crippen molar-refractivity contribution in [3.8, 4) is 5.75 Å². The van der Waals surface area contributed by atoms with E-state index in [-0.39, 0.29) is 24.8 Å². The van der Waals surface area contributed by atoms with Gasteiger partial charge in [-0.3, -0.25) is 24.1 Å². The van der Waals surface area contributed by atoms with E-state index >= 15 is 0 Å². The third-order valence-corrected chi connectivity index (χ3v) is 6.84. The van der Waals surface area contributed by atoms with Crippen LogP contribution in [0.25, 0.3) is 0 Å². The number of aryl methyl sites for hydroxylation is 1. The van der Waals surface area contributed by atoms with Gasteiger partial charge in [0.15, 0.2) is 6.10 Å². The van der Waals surface area contributed by atoms with E-state index < -0.39 is 54.5 Å². The van der Waals surface area contributed by atoms with Crippen LogP contribution >= 0.6 is 0 Å². The number of hydrogen-bond acceptors (Lipinski definition) is 11. The van der Waals surface area contributed by atoms with Crippen LogP contribution in [0.4, 0.5) is 0 Å². The number of imide groups is 1. The number of carboxylic acids is 1. The largest absolute Gasteiger partial charge is 0.479 e. The monoisotopic (exact) mass is 592 g/mol. The van der Waals surface area contributed by atoms with Gasteiger partial charge >= 0.3 is 11.9 Å². The average molecular weight is 593 g/mol. The summed E-state index contributed by atoms with van der Waals surface area (Å²) in [6, 6.07) is 4.93. The Kier molecular flexibility index (Phi) is 11.6. The number of aliphatic hydroxyl groups is 3. The number of rotatable bonds is 14. The number of carboxylic acid groups (broad SMARTS) is 1. The third kappa shape index (κ3) is 8.35. The summed E-state index contributed by atoms with van der Waals surface area (Å²) < 4.78 is 16.0. The number of nitrogens with zero attached hydrogens (tertiary/aromatic N) is 2. The van der Waals surface area contributed by atoms with E-state index in [4.69, 9.17) is 14.2 Å². The van der Waals surface area contributed by atoms with Gasteiger partial charge in [-0.15, -0.1) is 0 Å². The molecule has 3 amide bonds. The quantitative estimate of drug-likeness (QED) is 0.160. The molecule has 1 aromatic carbocycles. The minimum absolute atomic E-state index is 0.0861. The van der Waals surface area contributed by atoms with E-state index in [1.807, 2.05) is 6.92 Å². The van der Waals surface area contributed by atoms with Gasteiger partial charge in [-0.1, -0.05) is 25.5 Å². The van der Waals surface area contributed by atoms with Crippen LogP contribution in [0, 0.1) is 0 Å². The number of carbonyl (C=O) groups excluding carboxylic acids is 4. The van der Waals surface area contributed by atoms with Crippen molar-refractivity contribution in [1.82, 2.24) is 9.80 Å². The van der Waals surface area contributed by atoms with Crippen LogP contribution in [-0.4, -0.2) is 110 Å². The van der Waals surface area contributed by atoms with Gasteiger partial charge < -0.3 is 39.5 Å². The molecule has 230 valence electrons. The first-order valence-corrected chi connectivity index (χ1v) is 13.6. The maximum Gasteiger partial charge on any atom is 0.335 e. The molecule has 14 heteroatoms. The first-order chi connectivity index (χ1) is 19.9. The Morgan fingerprint density at radius 2 is 1.67 bits per heavy atom. The van der Waals surface area contributed by atoms with E-state index in [0.29, 0.717) is 37.1 Å². The van der Waals surface area contributed by atoms with Crippen LogP contribution in [0.15, 0.2) is 30.4 Å². The number of esters is 1. The highest BCUT2D eigenvalue weighted by atomic mass is 16.7. The maximum atomic E-state index is 12.9. The van der Waals surface area contributed by atoms with Crippen molar-refractivity contribution in [1.29, 1.82) is 0 Å². The summed E-state index contributed by atoms with van der Waals surface area (Å²) in [7, 11) is 0. The summed E-state index contributed by atoms with van der Waals surface area (Å²) in [5, 5.41) is 39.8. The molecule has 1 fully saturated rings. The third-order valence-electron chi connectivity index (χ3n) is 6.84. The van der Waals surface area contributed by atoms with Crippen molar-refractivity contribution in [2.24, 2.45) is 0 Å². The Labute approximate surface area is 242 Å². The molecular formula is C28H36N2O12. The molecule has 2 heterocycles. The van der Waals surface area contributed by atoms with Crippen molar-refractivity contribution in [3.05, 3.63) is 41.5 Å². The zero-order valence-electron chi connectivity index (χ0n) is 23.4. The summed E-state index contributed by atoms with van der Waals surface area (Å²) in [5.74, 6) is -3.46. The van der Waals surface area contributed by atoms with Crippen molar-refractivity contribution in [2.45, 2.75) is 76.8 Å². The van der Waals surface area contributed by atoms with Crippen LogP contribution in [0.1, 0.15) is 44.2 Å². The molecule has 0 aliphatic carbocycles. The van der Waals surface area contributed by atoms with E-state index in [1.165, 1.54) is 6.92 Å². The van der Waals surface area contributed by atoms with Crippen molar-refractivity contribution >= 4 is 29.7 Å².